The fourth-order valence-corrected chi connectivity index (χ4v) is 4.36. The van der Waals surface area contributed by atoms with Crippen LogP contribution in [-0.2, 0) is 9.47 Å². The van der Waals surface area contributed by atoms with E-state index in [-0.39, 0.29) is 0 Å². The van der Waals surface area contributed by atoms with Crippen LogP contribution in [0.4, 0.5) is 0 Å². The van der Waals surface area contributed by atoms with Gasteiger partial charge in [0.1, 0.15) is 0 Å². The van der Waals surface area contributed by atoms with Crippen LogP contribution in [0.1, 0.15) is 52.9 Å². The Kier molecular flexibility index (Phi) is 5.49. The minimum atomic E-state index is 0.507. The number of unbranched alkanes of at least 4 members (excludes halogenated alkanes) is 1. The molecule has 3 atom stereocenters. The van der Waals surface area contributed by atoms with Gasteiger partial charge in [0.15, 0.2) is 0 Å². The Bertz CT molecular complexity index is 305. The molecule has 2 rings (SSSR count). The summed E-state index contributed by atoms with van der Waals surface area (Å²) >= 11 is 0. The molecule has 0 aromatic rings. The van der Waals surface area contributed by atoms with Gasteiger partial charge in [-0.15, -0.1) is 0 Å². The lowest BCUT2D eigenvalue weighted by atomic mass is 9.69. The van der Waals surface area contributed by atoms with Gasteiger partial charge in [0, 0.05) is 19.8 Å². The van der Waals surface area contributed by atoms with E-state index in [1.165, 1.54) is 25.7 Å². The molecular formula is C17H33NO2. The van der Waals surface area contributed by atoms with E-state index >= 15 is 0 Å². The number of fused-ring (bicyclic) bond motifs is 2. The molecule has 3 unspecified atom stereocenters. The van der Waals surface area contributed by atoms with Gasteiger partial charge in [-0.25, -0.2) is 0 Å². The van der Waals surface area contributed by atoms with E-state index in [4.69, 9.17) is 9.47 Å². The Morgan fingerprint density at radius 1 is 1.10 bits per heavy atom. The van der Waals surface area contributed by atoms with Crippen molar-refractivity contribution in [1.29, 1.82) is 0 Å². The molecule has 0 amide bonds. The Labute approximate surface area is 124 Å². The molecule has 2 saturated carbocycles. The van der Waals surface area contributed by atoms with Crippen molar-refractivity contribution in [2.45, 2.75) is 58.9 Å². The van der Waals surface area contributed by atoms with Crippen LogP contribution in [0.2, 0.25) is 0 Å². The van der Waals surface area contributed by atoms with Crippen LogP contribution in [0.3, 0.4) is 0 Å². The third kappa shape index (κ3) is 3.05. The van der Waals surface area contributed by atoms with Crippen molar-refractivity contribution >= 4 is 0 Å². The Morgan fingerprint density at radius 3 is 2.50 bits per heavy atom. The van der Waals surface area contributed by atoms with Crippen molar-refractivity contribution in [1.82, 2.24) is 5.32 Å². The molecule has 2 aliphatic rings. The van der Waals surface area contributed by atoms with E-state index in [0.29, 0.717) is 17.4 Å². The maximum atomic E-state index is 5.50. The fraction of sp³-hybridized carbons (Fsp3) is 1.00. The van der Waals surface area contributed by atoms with Crippen molar-refractivity contribution in [2.24, 2.45) is 16.7 Å². The van der Waals surface area contributed by atoms with Crippen LogP contribution < -0.4 is 5.32 Å². The minimum absolute atomic E-state index is 0.507. The van der Waals surface area contributed by atoms with E-state index in [0.717, 1.165) is 38.1 Å². The molecule has 0 aliphatic heterocycles. The van der Waals surface area contributed by atoms with Gasteiger partial charge in [0.2, 0.25) is 0 Å². The zero-order chi connectivity index (χ0) is 14.6. The second kappa shape index (κ2) is 6.76. The number of methoxy groups -OCH3 is 1. The second-order valence-electron chi connectivity index (χ2n) is 7.43. The van der Waals surface area contributed by atoms with Crippen LogP contribution >= 0.6 is 0 Å². The number of ether oxygens (including phenoxy) is 2. The highest BCUT2D eigenvalue weighted by Gasteiger charge is 2.60. The van der Waals surface area contributed by atoms with Gasteiger partial charge in [-0.3, -0.25) is 0 Å². The number of rotatable bonds is 9. The van der Waals surface area contributed by atoms with Gasteiger partial charge in [0.25, 0.3) is 0 Å². The molecule has 2 bridgehead atoms. The summed E-state index contributed by atoms with van der Waals surface area (Å²) in [4.78, 5) is 0. The highest BCUT2D eigenvalue weighted by Crippen LogP contribution is 2.65. The van der Waals surface area contributed by atoms with Gasteiger partial charge in [-0.2, -0.15) is 0 Å². The molecule has 0 heterocycles. The Morgan fingerprint density at radius 2 is 1.90 bits per heavy atom. The molecule has 2 fully saturated rings. The van der Waals surface area contributed by atoms with Crippen LogP contribution in [0.25, 0.3) is 0 Å². The summed E-state index contributed by atoms with van der Waals surface area (Å²) < 4.78 is 10.5. The predicted molar refractivity (Wildman–Crippen MR) is 82.9 cm³/mol. The normalized spacial score (nSPS) is 34.8. The average Bonchev–Trinajstić information content (AvgIpc) is 2.75. The number of hydrogen-bond acceptors (Lipinski definition) is 3. The van der Waals surface area contributed by atoms with E-state index in [1.54, 1.807) is 7.11 Å². The third-order valence-corrected chi connectivity index (χ3v) is 6.33. The van der Waals surface area contributed by atoms with Crippen molar-refractivity contribution in [3.05, 3.63) is 0 Å². The molecular weight excluding hydrogens is 250 g/mol. The first-order valence-corrected chi connectivity index (χ1v) is 8.32. The summed E-state index contributed by atoms with van der Waals surface area (Å²) in [6.07, 6.45) is 6.59. The lowest BCUT2D eigenvalue weighted by Crippen LogP contribution is -2.44. The standard InChI is InChI=1S/C17H33NO2/c1-16(2)14-7-8-17(16,3)15(13-14)18-9-5-6-10-20-12-11-19-4/h14-15,18H,5-13H2,1-4H3. The zero-order valence-corrected chi connectivity index (χ0v) is 13.8. The van der Waals surface area contributed by atoms with Crippen LogP contribution in [0.15, 0.2) is 0 Å². The highest BCUT2D eigenvalue weighted by molar-refractivity contribution is 5.12. The van der Waals surface area contributed by atoms with Crippen molar-refractivity contribution in [2.75, 3.05) is 33.5 Å². The van der Waals surface area contributed by atoms with E-state index in [1.807, 2.05) is 0 Å². The van der Waals surface area contributed by atoms with Crippen LogP contribution in [0, 0.1) is 16.7 Å². The molecule has 3 nitrogen and oxygen atoms in total. The molecule has 0 aromatic carbocycles. The van der Waals surface area contributed by atoms with Crippen LogP contribution in [-0.4, -0.2) is 39.5 Å². The quantitative estimate of drug-likeness (QED) is 0.659. The number of hydrogen-bond donors (Lipinski definition) is 1. The van der Waals surface area contributed by atoms with Gasteiger partial charge in [-0.1, -0.05) is 20.8 Å². The molecule has 1 N–H and O–H groups in total. The lowest BCUT2D eigenvalue weighted by molar-refractivity contribution is 0.0683. The van der Waals surface area contributed by atoms with Crippen molar-refractivity contribution in [3.8, 4) is 0 Å². The first-order valence-electron chi connectivity index (χ1n) is 8.32. The largest absolute Gasteiger partial charge is 0.382 e. The van der Waals surface area contributed by atoms with Gasteiger partial charge < -0.3 is 14.8 Å². The maximum Gasteiger partial charge on any atom is 0.0700 e. The second-order valence-corrected chi connectivity index (χ2v) is 7.43. The van der Waals surface area contributed by atoms with E-state index < -0.39 is 0 Å². The Hall–Kier alpha value is -0.120. The zero-order valence-electron chi connectivity index (χ0n) is 13.8. The predicted octanol–water partition coefficient (Wildman–Crippen LogP) is 3.23. The summed E-state index contributed by atoms with van der Waals surface area (Å²) in [5, 5.41) is 3.83. The van der Waals surface area contributed by atoms with Crippen LogP contribution in [0.5, 0.6) is 0 Å². The molecule has 0 saturated heterocycles. The third-order valence-electron chi connectivity index (χ3n) is 6.33. The topological polar surface area (TPSA) is 30.5 Å². The monoisotopic (exact) mass is 283 g/mol. The smallest absolute Gasteiger partial charge is 0.0700 e. The molecule has 118 valence electrons. The summed E-state index contributed by atoms with van der Waals surface area (Å²) in [6.45, 7) is 10.9. The SMILES string of the molecule is COCCOCCCCNC1CC2CCC1(C)C2(C)C. The summed E-state index contributed by atoms with van der Waals surface area (Å²) in [5.41, 5.74) is 1.03. The Balaban J connectivity index is 1.59. The average molecular weight is 283 g/mol. The molecule has 2 aliphatic carbocycles. The van der Waals surface area contributed by atoms with Crippen molar-refractivity contribution in [3.63, 3.8) is 0 Å². The molecule has 0 spiro atoms. The molecule has 20 heavy (non-hydrogen) atoms. The summed E-state index contributed by atoms with van der Waals surface area (Å²) in [7, 11) is 1.71. The highest BCUT2D eigenvalue weighted by atomic mass is 16.5. The van der Waals surface area contributed by atoms with Gasteiger partial charge in [-0.05, 0) is 55.4 Å². The summed E-state index contributed by atoms with van der Waals surface area (Å²) in [5.74, 6) is 0.933. The maximum absolute atomic E-state index is 5.50. The number of nitrogens with one attached hydrogen (secondary N) is 1. The molecule has 3 heteroatoms. The van der Waals surface area contributed by atoms with Gasteiger partial charge in [0.05, 0.1) is 13.2 Å². The first kappa shape index (κ1) is 16.3. The van der Waals surface area contributed by atoms with Crippen molar-refractivity contribution < 1.29 is 9.47 Å². The van der Waals surface area contributed by atoms with E-state index in [9.17, 15) is 0 Å². The van der Waals surface area contributed by atoms with Gasteiger partial charge >= 0.3 is 0 Å². The molecule has 0 radical (unpaired) electrons. The molecule has 0 aromatic heterocycles. The lowest BCUT2D eigenvalue weighted by Gasteiger charge is -2.39. The summed E-state index contributed by atoms with van der Waals surface area (Å²) in [6, 6.07) is 0.727. The fourth-order valence-electron chi connectivity index (χ4n) is 4.36. The van der Waals surface area contributed by atoms with E-state index in [2.05, 4.69) is 26.1 Å². The minimum Gasteiger partial charge on any atom is -0.382 e. The first-order chi connectivity index (χ1) is 9.52.